The van der Waals surface area contributed by atoms with Crippen LogP contribution in [0.25, 0.3) is 10.9 Å². The first-order valence-electron chi connectivity index (χ1n) is 9.76. The molecule has 5 heteroatoms. The number of hydrogen-bond donors (Lipinski definition) is 0. The third kappa shape index (κ3) is 3.36. The number of fused-ring (bicyclic) bond motifs is 1. The SMILES string of the molecule is Cc1c(C(=O)c2ccccc2F)c2ccccc2n1[C@H](C)CN1CCOCC1. The second-order valence-corrected chi connectivity index (χ2v) is 7.42. The van der Waals surface area contributed by atoms with Gasteiger partial charge in [0.25, 0.3) is 0 Å². The fourth-order valence-corrected chi connectivity index (χ4v) is 4.26. The molecule has 4 nitrogen and oxygen atoms in total. The lowest BCUT2D eigenvalue weighted by Gasteiger charge is -2.30. The van der Waals surface area contributed by atoms with Gasteiger partial charge in [0.05, 0.1) is 24.3 Å². The highest BCUT2D eigenvalue weighted by Crippen LogP contribution is 2.31. The Labute approximate surface area is 164 Å². The number of rotatable bonds is 5. The summed E-state index contributed by atoms with van der Waals surface area (Å²) in [7, 11) is 0. The molecule has 1 atom stereocenters. The summed E-state index contributed by atoms with van der Waals surface area (Å²) in [6.45, 7) is 8.38. The third-order valence-electron chi connectivity index (χ3n) is 5.57. The van der Waals surface area contributed by atoms with Crippen molar-refractivity contribution in [2.45, 2.75) is 19.9 Å². The van der Waals surface area contributed by atoms with Crippen LogP contribution in [-0.2, 0) is 4.74 Å². The van der Waals surface area contributed by atoms with Gasteiger partial charge in [-0.15, -0.1) is 0 Å². The molecular weight excluding hydrogens is 355 g/mol. The van der Waals surface area contributed by atoms with Crippen molar-refractivity contribution in [3.8, 4) is 0 Å². The fraction of sp³-hybridized carbons (Fsp3) is 0.348. The first-order valence-corrected chi connectivity index (χ1v) is 9.76. The monoisotopic (exact) mass is 380 g/mol. The number of ether oxygens (including phenoxy) is 1. The van der Waals surface area contributed by atoms with E-state index in [-0.39, 0.29) is 17.4 Å². The summed E-state index contributed by atoms with van der Waals surface area (Å²) in [6.07, 6.45) is 0. The van der Waals surface area contributed by atoms with Gasteiger partial charge < -0.3 is 9.30 Å². The average molecular weight is 380 g/mol. The van der Waals surface area contributed by atoms with E-state index < -0.39 is 5.82 Å². The third-order valence-corrected chi connectivity index (χ3v) is 5.57. The Bertz CT molecular complexity index is 1010. The number of ketones is 1. The zero-order chi connectivity index (χ0) is 19.7. The van der Waals surface area contributed by atoms with Gasteiger partial charge in [0.1, 0.15) is 5.82 Å². The van der Waals surface area contributed by atoms with Gasteiger partial charge in [-0.2, -0.15) is 0 Å². The Morgan fingerprint density at radius 3 is 2.54 bits per heavy atom. The molecule has 1 saturated heterocycles. The van der Waals surface area contributed by atoms with Gasteiger partial charge >= 0.3 is 0 Å². The van der Waals surface area contributed by atoms with E-state index in [9.17, 15) is 9.18 Å². The molecule has 0 radical (unpaired) electrons. The summed E-state index contributed by atoms with van der Waals surface area (Å²) in [6, 6.07) is 14.3. The molecule has 0 amide bonds. The number of aromatic nitrogens is 1. The molecule has 0 unspecified atom stereocenters. The minimum atomic E-state index is -0.481. The zero-order valence-electron chi connectivity index (χ0n) is 16.3. The summed E-state index contributed by atoms with van der Waals surface area (Å²) in [5, 5.41) is 0.877. The molecule has 1 aliphatic heterocycles. The Morgan fingerprint density at radius 2 is 1.79 bits per heavy atom. The molecule has 0 aliphatic carbocycles. The predicted molar refractivity (Wildman–Crippen MR) is 108 cm³/mol. The number of carbonyl (C=O) groups is 1. The molecule has 1 aromatic heterocycles. The molecule has 4 rings (SSSR count). The van der Waals surface area contributed by atoms with E-state index in [0.717, 1.165) is 49.4 Å². The Kier molecular flexibility index (Phi) is 5.29. The van der Waals surface area contributed by atoms with Crippen molar-refractivity contribution in [2.24, 2.45) is 0 Å². The van der Waals surface area contributed by atoms with Gasteiger partial charge in [-0.25, -0.2) is 4.39 Å². The van der Waals surface area contributed by atoms with Crippen molar-refractivity contribution >= 4 is 16.7 Å². The summed E-state index contributed by atoms with van der Waals surface area (Å²) in [4.78, 5) is 15.6. The van der Waals surface area contributed by atoms with Crippen LogP contribution < -0.4 is 0 Å². The Morgan fingerprint density at radius 1 is 1.11 bits per heavy atom. The molecule has 2 aromatic carbocycles. The second kappa shape index (κ2) is 7.86. The van der Waals surface area contributed by atoms with Crippen LogP contribution in [0.1, 0.15) is 34.6 Å². The first kappa shape index (κ1) is 18.8. The second-order valence-electron chi connectivity index (χ2n) is 7.42. The zero-order valence-corrected chi connectivity index (χ0v) is 16.3. The number of halogens is 1. The largest absolute Gasteiger partial charge is 0.379 e. The lowest BCUT2D eigenvalue weighted by molar-refractivity contribution is 0.0327. The number of carbonyl (C=O) groups excluding carboxylic acids is 1. The number of nitrogens with zero attached hydrogens (tertiary/aromatic N) is 2. The molecule has 0 N–H and O–H groups in total. The molecule has 146 valence electrons. The lowest BCUT2D eigenvalue weighted by Crippen LogP contribution is -2.39. The summed E-state index contributed by atoms with van der Waals surface area (Å²) < 4.78 is 22.0. The molecule has 28 heavy (non-hydrogen) atoms. The standard InChI is InChI=1S/C23H25FN2O2/c1-16(15-25-11-13-28-14-12-25)26-17(2)22(19-8-4-6-10-21(19)26)23(27)18-7-3-5-9-20(18)24/h3-10,16H,11-15H2,1-2H3/t16-/m1/s1. The van der Waals surface area contributed by atoms with E-state index in [0.29, 0.717) is 5.56 Å². The van der Waals surface area contributed by atoms with Gasteiger partial charge in [-0.3, -0.25) is 9.69 Å². The maximum Gasteiger partial charge on any atom is 0.198 e. The molecule has 3 aromatic rings. The molecule has 0 bridgehead atoms. The minimum Gasteiger partial charge on any atom is -0.379 e. The number of para-hydroxylation sites is 1. The van der Waals surface area contributed by atoms with Crippen LogP contribution in [0.3, 0.4) is 0 Å². The summed E-state index contributed by atoms with van der Waals surface area (Å²) in [5.41, 5.74) is 2.61. The minimum absolute atomic E-state index is 0.120. The van der Waals surface area contributed by atoms with E-state index in [1.165, 1.54) is 6.07 Å². The van der Waals surface area contributed by atoms with Crippen molar-refractivity contribution in [1.82, 2.24) is 9.47 Å². The van der Waals surface area contributed by atoms with Crippen molar-refractivity contribution in [2.75, 3.05) is 32.8 Å². The van der Waals surface area contributed by atoms with E-state index in [4.69, 9.17) is 4.74 Å². The van der Waals surface area contributed by atoms with Crippen LogP contribution in [0.5, 0.6) is 0 Å². The highest BCUT2D eigenvalue weighted by atomic mass is 19.1. The van der Waals surface area contributed by atoms with Gasteiger partial charge in [0.15, 0.2) is 5.78 Å². The predicted octanol–water partition coefficient (Wildman–Crippen LogP) is 4.21. The molecule has 2 heterocycles. The first-order chi connectivity index (χ1) is 13.6. The van der Waals surface area contributed by atoms with Crippen LogP contribution in [0.2, 0.25) is 0 Å². The highest BCUT2D eigenvalue weighted by molar-refractivity contribution is 6.17. The Balaban J connectivity index is 1.77. The van der Waals surface area contributed by atoms with Crippen LogP contribution in [0.15, 0.2) is 48.5 Å². The van der Waals surface area contributed by atoms with Crippen LogP contribution >= 0.6 is 0 Å². The summed E-state index contributed by atoms with van der Waals surface area (Å²) in [5.74, 6) is -0.741. The van der Waals surface area contributed by atoms with Gasteiger partial charge in [0.2, 0.25) is 0 Å². The highest BCUT2D eigenvalue weighted by Gasteiger charge is 2.25. The van der Waals surface area contributed by atoms with Crippen molar-refractivity contribution in [3.05, 3.63) is 71.2 Å². The Hall–Kier alpha value is -2.50. The number of hydrogen-bond acceptors (Lipinski definition) is 3. The molecular formula is C23H25FN2O2. The van der Waals surface area contributed by atoms with Gasteiger partial charge in [-0.05, 0) is 32.0 Å². The molecule has 0 spiro atoms. The smallest absolute Gasteiger partial charge is 0.198 e. The van der Waals surface area contributed by atoms with Crippen LogP contribution in [0, 0.1) is 12.7 Å². The van der Waals surface area contributed by atoms with Crippen molar-refractivity contribution in [1.29, 1.82) is 0 Å². The normalized spacial score (nSPS) is 16.4. The van der Waals surface area contributed by atoms with E-state index in [1.54, 1.807) is 18.2 Å². The maximum absolute atomic E-state index is 14.3. The van der Waals surface area contributed by atoms with Crippen LogP contribution in [-0.4, -0.2) is 48.1 Å². The number of benzene rings is 2. The van der Waals surface area contributed by atoms with Crippen LogP contribution in [0.4, 0.5) is 4.39 Å². The van der Waals surface area contributed by atoms with E-state index >= 15 is 0 Å². The topological polar surface area (TPSA) is 34.5 Å². The van der Waals surface area contributed by atoms with E-state index in [1.807, 2.05) is 31.2 Å². The quantitative estimate of drug-likeness (QED) is 0.622. The lowest BCUT2D eigenvalue weighted by atomic mass is 10.00. The van der Waals surface area contributed by atoms with Gasteiger partial charge in [-0.1, -0.05) is 30.3 Å². The van der Waals surface area contributed by atoms with Crippen molar-refractivity contribution < 1.29 is 13.9 Å². The summed E-state index contributed by atoms with van der Waals surface area (Å²) >= 11 is 0. The molecule has 0 saturated carbocycles. The fourth-order valence-electron chi connectivity index (χ4n) is 4.26. The maximum atomic E-state index is 14.3. The van der Waals surface area contributed by atoms with Gasteiger partial charge in [0, 0.05) is 42.3 Å². The average Bonchev–Trinajstić information content (AvgIpc) is 3.00. The van der Waals surface area contributed by atoms with E-state index in [2.05, 4.69) is 16.4 Å². The number of morpholine rings is 1. The molecule has 1 aliphatic rings. The molecule has 1 fully saturated rings. The van der Waals surface area contributed by atoms with Crippen molar-refractivity contribution in [3.63, 3.8) is 0 Å².